The number of benzene rings is 2. The molecule has 104 valence electrons. The van der Waals surface area contributed by atoms with E-state index < -0.39 is 0 Å². The zero-order chi connectivity index (χ0) is 15.0. The third-order valence-corrected chi connectivity index (χ3v) is 4.03. The lowest BCUT2D eigenvalue weighted by atomic mass is 9.97. The zero-order valence-corrected chi connectivity index (χ0v) is 13.4. The summed E-state index contributed by atoms with van der Waals surface area (Å²) < 4.78 is 6.87. The summed E-state index contributed by atoms with van der Waals surface area (Å²) >= 11 is 3.56. The van der Waals surface area contributed by atoms with E-state index in [4.69, 9.17) is 4.42 Å². The molecule has 0 aliphatic heterocycles. The van der Waals surface area contributed by atoms with E-state index in [0.29, 0.717) is 11.7 Å². The Morgan fingerprint density at radius 1 is 1.14 bits per heavy atom. The van der Waals surface area contributed by atoms with E-state index in [1.54, 1.807) is 0 Å². The summed E-state index contributed by atoms with van der Waals surface area (Å²) in [5.41, 5.74) is 3.79. The Morgan fingerprint density at radius 3 is 2.48 bits per heavy atom. The van der Waals surface area contributed by atoms with Crippen LogP contribution in [0.2, 0.25) is 0 Å². The van der Waals surface area contributed by atoms with Crippen molar-refractivity contribution in [3.63, 3.8) is 0 Å². The summed E-state index contributed by atoms with van der Waals surface area (Å²) in [4.78, 5) is 0. The molecule has 0 saturated heterocycles. The monoisotopic (exact) mass is 339 g/mol. The number of fused-ring (bicyclic) bond motifs is 1. The minimum Gasteiger partial charge on any atom is -0.445 e. The molecule has 0 amide bonds. The van der Waals surface area contributed by atoms with Gasteiger partial charge in [-0.3, -0.25) is 0 Å². The molecule has 0 saturated carbocycles. The lowest BCUT2D eigenvalue weighted by molar-refractivity contribution is 0.593. The second-order valence-electron chi connectivity index (χ2n) is 5.31. The van der Waals surface area contributed by atoms with E-state index in [0.717, 1.165) is 32.1 Å². The van der Waals surface area contributed by atoms with Crippen molar-refractivity contribution in [2.24, 2.45) is 0 Å². The normalized spacial score (nSPS) is 11.0. The van der Waals surface area contributed by atoms with Crippen LogP contribution in [0.15, 0.2) is 51.4 Å². The largest absolute Gasteiger partial charge is 0.445 e. The first-order chi connectivity index (χ1) is 10.1. The first-order valence-electron chi connectivity index (χ1n) is 6.83. The summed E-state index contributed by atoms with van der Waals surface area (Å²) in [5, 5.41) is 10.4. The van der Waals surface area contributed by atoms with Gasteiger partial charge in [-0.05, 0) is 29.2 Å². The van der Waals surface area contributed by atoms with E-state index in [1.807, 2.05) is 36.4 Å². The molecular weight excluding hydrogens is 326 g/mol. The average Bonchev–Trinajstić information content (AvgIpc) is 2.85. The second-order valence-corrected chi connectivity index (χ2v) is 6.23. The Balaban J connectivity index is 2.42. The van der Waals surface area contributed by atoms with Crippen LogP contribution in [-0.2, 0) is 0 Å². The minimum atomic E-state index is 0.325. The molecule has 3 aromatic rings. The van der Waals surface area contributed by atoms with Crippen molar-refractivity contribution < 1.29 is 4.42 Å². The molecule has 1 heterocycles. The van der Waals surface area contributed by atoms with Gasteiger partial charge in [-0.1, -0.05) is 60.1 Å². The molecule has 0 unspecified atom stereocenters. The van der Waals surface area contributed by atoms with Gasteiger partial charge in [0.2, 0.25) is 5.76 Å². The highest BCUT2D eigenvalue weighted by molar-refractivity contribution is 9.10. The first kappa shape index (κ1) is 13.9. The fraction of sp³-hybridized carbons (Fsp3) is 0.167. The summed E-state index contributed by atoms with van der Waals surface area (Å²) in [6.07, 6.45) is 0. The van der Waals surface area contributed by atoms with Crippen molar-refractivity contribution in [1.29, 1.82) is 5.26 Å². The van der Waals surface area contributed by atoms with Crippen LogP contribution in [0.4, 0.5) is 0 Å². The summed E-state index contributed by atoms with van der Waals surface area (Å²) in [6.45, 7) is 4.25. The zero-order valence-electron chi connectivity index (χ0n) is 11.9. The Morgan fingerprint density at radius 2 is 1.86 bits per heavy atom. The fourth-order valence-corrected chi connectivity index (χ4v) is 3.06. The van der Waals surface area contributed by atoms with Gasteiger partial charge in [-0.2, -0.15) is 5.26 Å². The van der Waals surface area contributed by atoms with E-state index >= 15 is 0 Å². The Bertz CT molecular complexity index is 841. The van der Waals surface area contributed by atoms with Gasteiger partial charge in [-0.25, -0.2) is 0 Å². The molecule has 2 aromatic carbocycles. The van der Waals surface area contributed by atoms with Gasteiger partial charge in [0.15, 0.2) is 0 Å². The maximum atomic E-state index is 9.42. The molecule has 0 radical (unpaired) electrons. The van der Waals surface area contributed by atoms with Crippen LogP contribution in [-0.4, -0.2) is 0 Å². The van der Waals surface area contributed by atoms with Gasteiger partial charge in [0, 0.05) is 15.4 Å². The lowest BCUT2D eigenvalue weighted by Gasteiger charge is -2.07. The Hall–Kier alpha value is -2.05. The fourth-order valence-electron chi connectivity index (χ4n) is 2.59. The highest BCUT2D eigenvalue weighted by Gasteiger charge is 2.19. The van der Waals surface area contributed by atoms with Crippen LogP contribution in [0.1, 0.15) is 31.1 Å². The predicted octanol–water partition coefficient (Wildman–Crippen LogP) is 5.86. The average molecular weight is 340 g/mol. The maximum absolute atomic E-state index is 9.42. The summed E-state index contributed by atoms with van der Waals surface area (Å²) in [5.74, 6) is 0.697. The van der Waals surface area contributed by atoms with Crippen molar-refractivity contribution in [3.8, 4) is 17.2 Å². The van der Waals surface area contributed by atoms with Crippen LogP contribution in [0.3, 0.4) is 0 Å². The van der Waals surface area contributed by atoms with Crippen LogP contribution in [0.25, 0.3) is 22.1 Å². The number of furan rings is 1. The predicted molar refractivity (Wildman–Crippen MR) is 88.2 cm³/mol. The quantitative estimate of drug-likeness (QED) is 0.586. The van der Waals surface area contributed by atoms with Gasteiger partial charge in [0.1, 0.15) is 11.7 Å². The SMILES string of the molecule is CC(C)c1cc(Br)cc2c(-c3ccccc3)c(C#N)oc12. The van der Waals surface area contributed by atoms with Crippen LogP contribution in [0, 0.1) is 11.3 Å². The van der Waals surface area contributed by atoms with Crippen molar-refractivity contribution in [2.45, 2.75) is 19.8 Å². The molecule has 0 spiro atoms. The lowest BCUT2D eigenvalue weighted by Crippen LogP contribution is -1.88. The van der Waals surface area contributed by atoms with Gasteiger partial charge >= 0.3 is 0 Å². The van der Waals surface area contributed by atoms with Crippen LogP contribution >= 0.6 is 15.9 Å². The molecule has 0 bridgehead atoms. The van der Waals surface area contributed by atoms with Crippen molar-refractivity contribution >= 4 is 26.9 Å². The van der Waals surface area contributed by atoms with E-state index in [9.17, 15) is 5.26 Å². The molecule has 3 heteroatoms. The summed E-state index contributed by atoms with van der Waals surface area (Å²) in [6, 6.07) is 16.2. The topological polar surface area (TPSA) is 36.9 Å². The van der Waals surface area contributed by atoms with Gasteiger partial charge in [-0.15, -0.1) is 0 Å². The Labute approximate surface area is 132 Å². The third-order valence-electron chi connectivity index (χ3n) is 3.57. The van der Waals surface area contributed by atoms with Crippen molar-refractivity contribution in [1.82, 2.24) is 0 Å². The van der Waals surface area contributed by atoms with E-state index in [1.165, 1.54) is 0 Å². The van der Waals surface area contributed by atoms with E-state index in [-0.39, 0.29) is 0 Å². The van der Waals surface area contributed by atoms with Crippen molar-refractivity contribution in [2.75, 3.05) is 0 Å². The molecule has 0 fully saturated rings. The van der Waals surface area contributed by atoms with Gasteiger partial charge in [0.25, 0.3) is 0 Å². The Kier molecular flexibility index (Phi) is 3.57. The molecule has 21 heavy (non-hydrogen) atoms. The standard InChI is InChI=1S/C18H14BrNO/c1-11(2)14-8-13(19)9-15-17(12-6-4-3-5-7-12)16(10-20)21-18(14)15/h3-9,11H,1-2H3. The molecular formula is C18H14BrNO. The van der Waals surface area contributed by atoms with E-state index in [2.05, 4.69) is 41.9 Å². The van der Waals surface area contributed by atoms with Crippen LogP contribution in [0.5, 0.6) is 0 Å². The minimum absolute atomic E-state index is 0.325. The smallest absolute Gasteiger partial charge is 0.212 e. The second kappa shape index (κ2) is 5.38. The molecule has 1 aromatic heterocycles. The van der Waals surface area contributed by atoms with Crippen molar-refractivity contribution in [3.05, 3.63) is 58.3 Å². The highest BCUT2D eigenvalue weighted by Crippen LogP contribution is 2.39. The van der Waals surface area contributed by atoms with Crippen LogP contribution < -0.4 is 0 Å². The number of rotatable bonds is 2. The molecule has 0 aliphatic carbocycles. The summed E-state index contributed by atoms with van der Waals surface area (Å²) in [7, 11) is 0. The highest BCUT2D eigenvalue weighted by atomic mass is 79.9. The van der Waals surface area contributed by atoms with Gasteiger partial charge in [0.05, 0.1) is 0 Å². The molecule has 0 atom stereocenters. The molecule has 0 N–H and O–H groups in total. The first-order valence-corrected chi connectivity index (χ1v) is 7.62. The molecule has 3 rings (SSSR count). The van der Waals surface area contributed by atoms with Gasteiger partial charge < -0.3 is 4.42 Å². The molecule has 2 nitrogen and oxygen atoms in total. The maximum Gasteiger partial charge on any atom is 0.212 e. The number of nitriles is 1. The number of hydrogen-bond donors (Lipinski definition) is 0. The molecule has 0 aliphatic rings. The number of nitrogens with zero attached hydrogens (tertiary/aromatic N) is 1. The third kappa shape index (κ3) is 2.36. The number of hydrogen-bond acceptors (Lipinski definition) is 2. The number of halogens is 1.